The van der Waals surface area contributed by atoms with Crippen molar-refractivity contribution in [3.8, 4) is 0 Å². The van der Waals surface area contributed by atoms with Crippen molar-refractivity contribution < 1.29 is 19.8 Å². The molecular weight excluding hydrogens is 222 g/mol. The van der Waals surface area contributed by atoms with Crippen molar-refractivity contribution in [2.75, 3.05) is 13.1 Å². The van der Waals surface area contributed by atoms with E-state index in [-0.39, 0.29) is 5.91 Å². The lowest BCUT2D eigenvalue weighted by Crippen LogP contribution is -2.43. The van der Waals surface area contributed by atoms with Crippen LogP contribution < -0.4 is 0 Å². The smallest absolute Gasteiger partial charge is 0.307 e. The summed E-state index contributed by atoms with van der Waals surface area (Å²) in [5.41, 5.74) is -0.453. The number of aliphatic hydroxyl groups is 1. The molecule has 1 aliphatic carbocycles. The summed E-state index contributed by atoms with van der Waals surface area (Å²) in [6, 6.07) is 0. The first-order valence-electron chi connectivity index (χ1n) is 6.05. The zero-order valence-electron chi connectivity index (χ0n) is 10.2. The highest BCUT2D eigenvalue weighted by molar-refractivity contribution is 5.91. The molecule has 2 rings (SSSR count). The van der Waals surface area contributed by atoms with Crippen LogP contribution >= 0.6 is 0 Å². The zero-order chi connectivity index (χ0) is 12.8. The van der Waals surface area contributed by atoms with E-state index in [0.29, 0.717) is 13.1 Å². The van der Waals surface area contributed by atoms with Crippen molar-refractivity contribution in [1.82, 2.24) is 4.90 Å². The van der Waals surface area contributed by atoms with Gasteiger partial charge in [0.1, 0.15) is 0 Å². The minimum atomic E-state index is -0.897. The molecule has 0 aromatic rings. The molecule has 5 heteroatoms. The number of piperidine rings is 1. The number of rotatable bonds is 2. The number of aliphatic hydroxyl groups excluding tert-OH is 1. The molecule has 17 heavy (non-hydrogen) atoms. The zero-order valence-corrected chi connectivity index (χ0v) is 10.2. The standard InChI is InChI=1S/C12H19NO4/c1-12(2)8(9(12)11(16)17)10(15)13-5-3-4-7(14)6-13/h7-9,14H,3-6H2,1-2H3,(H,16,17). The Bertz CT molecular complexity index is 352. The van der Waals surface area contributed by atoms with Crippen LogP contribution in [0.4, 0.5) is 0 Å². The van der Waals surface area contributed by atoms with Crippen LogP contribution in [-0.4, -0.2) is 46.2 Å². The van der Waals surface area contributed by atoms with E-state index in [9.17, 15) is 14.7 Å². The fourth-order valence-electron chi connectivity index (χ4n) is 2.91. The summed E-state index contributed by atoms with van der Waals surface area (Å²) in [4.78, 5) is 24.8. The highest BCUT2D eigenvalue weighted by Crippen LogP contribution is 2.59. The van der Waals surface area contributed by atoms with Gasteiger partial charge in [0, 0.05) is 13.1 Å². The third kappa shape index (κ3) is 2.04. The Morgan fingerprint density at radius 1 is 1.29 bits per heavy atom. The van der Waals surface area contributed by atoms with Gasteiger partial charge < -0.3 is 15.1 Å². The lowest BCUT2D eigenvalue weighted by atomic mass is 10.1. The van der Waals surface area contributed by atoms with E-state index in [4.69, 9.17) is 5.11 Å². The summed E-state index contributed by atoms with van der Waals surface area (Å²) in [7, 11) is 0. The van der Waals surface area contributed by atoms with Crippen molar-refractivity contribution in [3.05, 3.63) is 0 Å². The number of carboxylic acid groups (broad SMARTS) is 1. The molecule has 1 saturated heterocycles. The van der Waals surface area contributed by atoms with E-state index < -0.39 is 29.3 Å². The molecular formula is C12H19NO4. The molecule has 0 spiro atoms. The molecule has 2 fully saturated rings. The fourth-order valence-corrected chi connectivity index (χ4v) is 2.91. The average Bonchev–Trinajstić information content (AvgIpc) is 2.80. The second kappa shape index (κ2) is 3.98. The van der Waals surface area contributed by atoms with Gasteiger partial charge in [-0.3, -0.25) is 9.59 Å². The van der Waals surface area contributed by atoms with E-state index in [1.807, 2.05) is 13.8 Å². The highest BCUT2D eigenvalue weighted by Gasteiger charge is 2.66. The normalized spacial score (nSPS) is 35.5. The molecule has 3 unspecified atom stereocenters. The van der Waals surface area contributed by atoms with Crippen LogP contribution in [0.25, 0.3) is 0 Å². The van der Waals surface area contributed by atoms with Gasteiger partial charge in [-0.15, -0.1) is 0 Å². The molecule has 1 aliphatic heterocycles. The van der Waals surface area contributed by atoms with Crippen molar-refractivity contribution in [2.45, 2.75) is 32.8 Å². The number of nitrogens with zero attached hydrogens (tertiary/aromatic N) is 1. The van der Waals surface area contributed by atoms with E-state index in [1.165, 1.54) is 0 Å². The minimum absolute atomic E-state index is 0.110. The van der Waals surface area contributed by atoms with Gasteiger partial charge in [-0.1, -0.05) is 13.8 Å². The molecule has 0 radical (unpaired) electrons. The summed E-state index contributed by atoms with van der Waals surface area (Å²) >= 11 is 0. The minimum Gasteiger partial charge on any atom is -0.481 e. The van der Waals surface area contributed by atoms with Crippen LogP contribution in [0, 0.1) is 17.3 Å². The monoisotopic (exact) mass is 241 g/mol. The lowest BCUT2D eigenvalue weighted by molar-refractivity contribution is -0.143. The Hall–Kier alpha value is -1.10. The molecule has 0 bridgehead atoms. The number of carboxylic acids is 1. The molecule has 0 aromatic carbocycles. The van der Waals surface area contributed by atoms with Crippen LogP contribution in [0.5, 0.6) is 0 Å². The second-order valence-corrected chi connectivity index (χ2v) is 5.70. The Morgan fingerprint density at radius 2 is 1.94 bits per heavy atom. The number of likely N-dealkylation sites (tertiary alicyclic amines) is 1. The van der Waals surface area contributed by atoms with Crippen LogP contribution in [0.1, 0.15) is 26.7 Å². The summed E-state index contributed by atoms with van der Waals surface area (Å²) in [5.74, 6) is -2.01. The predicted octanol–water partition coefficient (Wildman–Crippen LogP) is 0.326. The third-order valence-corrected chi connectivity index (χ3v) is 4.07. The van der Waals surface area contributed by atoms with Gasteiger partial charge in [-0.2, -0.15) is 0 Å². The number of hydrogen-bond donors (Lipinski definition) is 2. The Kier molecular flexibility index (Phi) is 2.89. The quantitative estimate of drug-likeness (QED) is 0.730. The van der Waals surface area contributed by atoms with Crippen LogP contribution in [0.15, 0.2) is 0 Å². The number of carbonyl (C=O) groups excluding carboxylic acids is 1. The summed E-state index contributed by atoms with van der Waals surface area (Å²) < 4.78 is 0. The van der Waals surface area contributed by atoms with E-state index in [0.717, 1.165) is 12.8 Å². The van der Waals surface area contributed by atoms with Crippen molar-refractivity contribution >= 4 is 11.9 Å². The first-order valence-corrected chi connectivity index (χ1v) is 6.05. The maximum absolute atomic E-state index is 12.2. The molecule has 3 atom stereocenters. The second-order valence-electron chi connectivity index (χ2n) is 5.70. The summed E-state index contributed by atoms with van der Waals surface area (Å²) in [6.07, 6.45) is 1.05. The van der Waals surface area contributed by atoms with Crippen molar-refractivity contribution in [1.29, 1.82) is 0 Å². The van der Waals surface area contributed by atoms with E-state index in [1.54, 1.807) is 4.90 Å². The molecule has 1 heterocycles. The van der Waals surface area contributed by atoms with Gasteiger partial charge in [-0.05, 0) is 18.3 Å². The molecule has 2 aliphatic rings. The van der Waals surface area contributed by atoms with Crippen LogP contribution in [0.3, 0.4) is 0 Å². The Balaban J connectivity index is 2.04. The SMILES string of the molecule is CC1(C)C(C(=O)O)C1C(=O)N1CCCC(O)C1. The fraction of sp³-hybridized carbons (Fsp3) is 0.833. The molecule has 5 nitrogen and oxygen atoms in total. The number of aliphatic carboxylic acids is 1. The average molecular weight is 241 g/mol. The Morgan fingerprint density at radius 3 is 2.41 bits per heavy atom. The maximum Gasteiger partial charge on any atom is 0.307 e. The van der Waals surface area contributed by atoms with E-state index >= 15 is 0 Å². The molecule has 96 valence electrons. The largest absolute Gasteiger partial charge is 0.481 e. The highest BCUT2D eigenvalue weighted by atomic mass is 16.4. The molecule has 1 amide bonds. The van der Waals surface area contributed by atoms with Gasteiger partial charge in [0.25, 0.3) is 0 Å². The van der Waals surface area contributed by atoms with Gasteiger partial charge >= 0.3 is 5.97 Å². The van der Waals surface area contributed by atoms with Gasteiger partial charge in [-0.25, -0.2) is 0 Å². The third-order valence-electron chi connectivity index (χ3n) is 4.07. The lowest BCUT2D eigenvalue weighted by Gasteiger charge is -2.30. The summed E-state index contributed by atoms with van der Waals surface area (Å²) in [6.45, 7) is 4.61. The van der Waals surface area contributed by atoms with E-state index in [2.05, 4.69) is 0 Å². The Labute approximate surface area is 100 Å². The van der Waals surface area contributed by atoms with Gasteiger partial charge in [0.2, 0.25) is 5.91 Å². The first-order chi connectivity index (χ1) is 7.85. The number of carbonyl (C=O) groups is 2. The van der Waals surface area contributed by atoms with Crippen molar-refractivity contribution in [2.24, 2.45) is 17.3 Å². The topological polar surface area (TPSA) is 77.8 Å². The van der Waals surface area contributed by atoms with Gasteiger partial charge in [0.15, 0.2) is 0 Å². The predicted molar refractivity (Wildman–Crippen MR) is 60.2 cm³/mol. The maximum atomic E-state index is 12.2. The molecule has 2 N–H and O–H groups in total. The first kappa shape index (κ1) is 12.4. The van der Waals surface area contributed by atoms with Crippen molar-refractivity contribution in [3.63, 3.8) is 0 Å². The molecule has 1 saturated carbocycles. The number of hydrogen-bond acceptors (Lipinski definition) is 3. The summed E-state index contributed by atoms with van der Waals surface area (Å²) in [5, 5.41) is 18.6. The van der Waals surface area contributed by atoms with Crippen LogP contribution in [-0.2, 0) is 9.59 Å². The van der Waals surface area contributed by atoms with Crippen LogP contribution in [0.2, 0.25) is 0 Å². The van der Waals surface area contributed by atoms with Gasteiger partial charge in [0.05, 0.1) is 17.9 Å². The number of β-amino-alcohol motifs (C(OH)–C–C–N with tert-alkyl or cyclic N) is 1. The molecule has 0 aromatic heterocycles. The number of amides is 1.